The molecule has 1 saturated heterocycles. The van der Waals surface area contributed by atoms with Crippen molar-refractivity contribution < 1.29 is 4.74 Å². The molecule has 21 heavy (non-hydrogen) atoms. The molecule has 0 saturated carbocycles. The molecule has 3 rings (SSSR count). The Morgan fingerprint density at radius 2 is 2.10 bits per heavy atom. The molecule has 112 valence electrons. The van der Waals surface area contributed by atoms with Crippen LogP contribution in [0, 0.1) is 6.92 Å². The number of hydrogen-bond acceptors (Lipinski definition) is 5. The summed E-state index contributed by atoms with van der Waals surface area (Å²) in [4.78, 5) is 11.4. The Kier molecular flexibility index (Phi) is 4.62. The molecule has 1 fully saturated rings. The molecular weight excluding hydrogens is 264 g/mol. The minimum atomic E-state index is 0.868. The number of hydrogen-bond donors (Lipinski definition) is 1. The third kappa shape index (κ3) is 3.68. The molecule has 0 atom stereocenters. The number of ether oxygens (including phenoxy) is 1. The summed E-state index contributed by atoms with van der Waals surface area (Å²) in [5, 5.41) is 4.53. The maximum Gasteiger partial charge on any atom is 0.126 e. The zero-order valence-electron chi connectivity index (χ0n) is 12.5. The van der Waals surface area contributed by atoms with Crippen molar-refractivity contribution in [3.05, 3.63) is 30.1 Å². The second-order valence-electron chi connectivity index (χ2n) is 5.39. The Labute approximate surface area is 125 Å². The third-order valence-electron chi connectivity index (χ3n) is 3.88. The normalized spacial score (nSPS) is 16.2. The molecule has 2 aromatic rings. The Balaban J connectivity index is 1.51. The lowest BCUT2D eigenvalue weighted by molar-refractivity contribution is 0.0378. The fourth-order valence-corrected chi connectivity index (χ4v) is 2.64. The Morgan fingerprint density at radius 3 is 2.95 bits per heavy atom. The molecule has 5 nitrogen and oxygen atoms in total. The number of nitrogens with one attached hydrogen (secondary N) is 1. The molecule has 5 heteroatoms. The number of anilines is 1. The predicted molar refractivity (Wildman–Crippen MR) is 84.6 cm³/mol. The van der Waals surface area contributed by atoms with Crippen molar-refractivity contribution in [1.82, 2.24) is 14.9 Å². The van der Waals surface area contributed by atoms with Crippen LogP contribution >= 0.6 is 0 Å². The van der Waals surface area contributed by atoms with Gasteiger partial charge in [-0.3, -0.25) is 9.88 Å². The van der Waals surface area contributed by atoms with E-state index in [1.807, 2.05) is 25.3 Å². The molecule has 1 aliphatic heterocycles. The third-order valence-corrected chi connectivity index (χ3v) is 3.88. The summed E-state index contributed by atoms with van der Waals surface area (Å²) < 4.78 is 5.35. The van der Waals surface area contributed by atoms with Crippen LogP contribution in [-0.2, 0) is 4.74 Å². The van der Waals surface area contributed by atoms with Gasteiger partial charge >= 0.3 is 0 Å². The van der Waals surface area contributed by atoms with Crippen molar-refractivity contribution in [3.63, 3.8) is 0 Å². The van der Waals surface area contributed by atoms with Gasteiger partial charge in [0.25, 0.3) is 0 Å². The van der Waals surface area contributed by atoms with E-state index < -0.39 is 0 Å². The van der Waals surface area contributed by atoms with Crippen LogP contribution in [0.25, 0.3) is 10.9 Å². The van der Waals surface area contributed by atoms with Crippen molar-refractivity contribution in [1.29, 1.82) is 0 Å². The molecular formula is C16H22N4O. The average Bonchev–Trinajstić information content (AvgIpc) is 2.53. The molecule has 0 bridgehead atoms. The lowest BCUT2D eigenvalue weighted by atomic mass is 10.2. The molecule has 0 unspecified atom stereocenters. The first kappa shape index (κ1) is 14.2. The van der Waals surface area contributed by atoms with Gasteiger partial charge in [0.15, 0.2) is 0 Å². The Bertz CT molecular complexity index is 596. The van der Waals surface area contributed by atoms with E-state index >= 15 is 0 Å². The van der Waals surface area contributed by atoms with Gasteiger partial charge < -0.3 is 10.1 Å². The molecule has 0 spiro atoms. The maximum atomic E-state index is 5.35. The first-order valence-corrected chi connectivity index (χ1v) is 7.59. The van der Waals surface area contributed by atoms with Gasteiger partial charge in [0.1, 0.15) is 5.82 Å². The summed E-state index contributed by atoms with van der Waals surface area (Å²) in [7, 11) is 0. The number of nitrogens with zero attached hydrogens (tertiary/aromatic N) is 3. The predicted octanol–water partition coefficient (Wildman–Crippen LogP) is 2.07. The van der Waals surface area contributed by atoms with Gasteiger partial charge in [0.2, 0.25) is 0 Å². The van der Waals surface area contributed by atoms with Crippen LogP contribution in [0.4, 0.5) is 5.82 Å². The highest BCUT2D eigenvalue weighted by atomic mass is 16.5. The topological polar surface area (TPSA) is 50.3 Å². The second-order valence-corrected chi connectivity index (χ2v) is 5.39. The number of aryl methyl sites for hydroxylation is 1. The molecule has 0 aliphatic carbocycles. The lowest BCUT2D eigenvalue weighted by Gasteiger charge is -2.26. The van der Waals surface area contributed by atoms with Gasteiger partial charge in [-0.2, -0.15) is 0 Å². The zero-order valence-corrected chi connectivity index (χ0v) is 12.5. The highest BCUT2D eigenvalue weighted by Gasteiger charge is 2.09. The van der Waals surface area contributed by atoms with Crippen molar-refractivity contribution >= 4 is 16.7 Å². The van der Waals surface area contributed by atoms with Crippen LogP contribution in [0.1, 0.15) is 12.1 Å². The first-order valence-electron chi connectivity index (χ1n) is 7.59. The van der Waals surface area contributed by atoms with Crippen LogP contribution < -0.4 is 5.32 Å². The Morgan fingerprint density at radius 1 is 1.24 bits per heavy atom. The van der Waals surface area contributed by atoms with Gasteiger partial charge in [0, 0.05) is 36.9 Å². The molecule has 0 amide bonds. The quantitative estimate of drug-likeness (QED) is 0.853. The van der Waals surface area contributed by atoms with E-state index in [9.17, 15) is 0 Å². The second kappa shape index (κ2) is 6.83. The van der Waals surface area contributed by atoms with Crippen molar-refractivity contribution in [2.45, 2.75) is 13.3 Å². The van der Waals surface area contributed by atoms with Gasteiger partial charge in [0.05, 0.1) is 18.7 Å². The standard InChI is InChI=1S/C16H22N4O/c1-13-14-3-4-16(19-15(14)5-7-17-13)18-6-2-8-20-9-11-21-12-10-20/h3-5,7H,2,6,8-12H2,1H3,(H,18,19). The number of aromatic nitrogens is 2. The minimum absolute atomic E-state index is 0.868. The number of rotatable bonds is 5. The number of morpholine rings is 1. The fourth-order valence-electron chi connectivity index (χ4n) is 2.64. The first-order chi connectivity index (χ1) is 10.3. The maximum absolute atomic E-state index is 5.35. The summed E-state index contributed by atoms with van der Waals surface area (Å²) in [5.74, 6) is 0.940. The Hall–Kier alpha value is -1.72. The van der Waals surface area contributed by atoms with Crippen LogP contribution in [0.3, 0.4) is 0 Å². The highest BCUT2D eigenvalue weighted by Crippen LogP contribution is 2.16. The van der Waals surface area contributed by atoms with Crippen LogP contribution in [-0.4, -0.2) is 54.3 Å². The van der Waals surface area contributed by atoms with Crippen LogP contribution in [0.5, 0.6) is 0 Å². The monoisotopic (exact) mass is 286 g/mol. The van der Waals surface area contributed by atoms with Crippen molar-refractivity contribution in [3.8, 4) is 0 Å². The van der Waals surface area contributed by atoms with Crippen molar-refractivity contribution in [2.75, 3.05) is 44.7 Å². The SMILES string of the molecule is Cc1nccc2nc(NCCCN3CCOCC3)ccc12. The van der Waals surface area contributed by atoms with Crippen LogP contribution in [0.15, 0.2) is 24.4 Å². The van der Waals surface area contributed by atoms with Crippen molar-refractivity contribution in [2.24, 2.45) is 0 Å². The van der Waals surface area contributed by atoms with Gasteiger partial charge in [-0.1, -0.05) is 0 Å². The number of fused-ring (bicyclic) bond motifs is 1. The largest absolute Gasteiger partial charge is 0.379 e. The molecule has 1 aliphatic rings. The lowest BCUT2D eigenvalue weighted by Crippen LogP contribution is -2.37. The summed E-state index contributed by atoms with van der Waals surface area (Å²) in [6.07, 6.45) is 2.93. The highest BCUT2D eigenvalue weighted by molar-refractivity contribution is 5.81. The molecule has 1 N–H and O–H groups in total. The van der Waals surface area contributed by atoms with E-state index in [1.54, 1.807) is 0 Å². The van der Waals surface area contributed by atoms with Gasteiger partial charge in [-0.15, -0.1) is 0 Å². The van der Waals surface area contributed by atoms with E-state index in [0.717, 1.165) is 68.2 Å². The average molecular weight is 286 g/mol. The summed E-state index contributed by atoms with van der Waals surface area (Å²) in [6.45, 7) is 7.92. The van der Waals surface area contributed by atoms with E-state index in [2.05, 4.69) is 26.3 Å². The number of pyridine rings is 2. The van der Waals surface area contributed by atoms with E-state index in [-0.39, 0.29) is 0 Å². The van der Waals surface area contributed by atoms with Gasteiger partial charge in [-0.25, -0.2) is 4.98 Å². The molecule has 3 heterocycles. The van der Waals surface area contributed by atoms with Gasteiger partial charge in [-0.05, 0) is 38.1 Å². The molecule has 2 aromatic heterocycles. The smallest absolute Gasteiger partial charge is 0.126 e. The van der Waals surface area contributed by atoms with E-state index in [4.69, 9.17) is 4.74 Å². The molecule has 0 radical (unpaired) electrons. The minimum Gasteiger partial charge on any atom is -0.379 e. The summed E-state index contributed by atoms with van der Waals surface area (Å²) in [5.41, 5.74) is 2.03. The fraction of sp³-hybridized carbons (Fsp3) is 0.500. The van der Waals surface area contributed by atoms with E-state index in [1.165, 1.54) is 0 Å². The summed E-state index contributed by atoms with van der Waals surface area (Å²) >= 11 is 0. The van der Waals surface area contributed by atoms with E-state index in [0.29, 0.717) is 0 Å². The van der Waals surface area contributed by atoms with Crippen LogP contribution in [0.2, 0.25) is 0 Å². The summed E-state index contributed by atoms with van der Waals surface area (Å²) in [6, 6.07) is 6.09. The molecule has 0 aromatic carbocycles. The zero-order chi connectivity index (χ0) is 14.5.